The average Bonchev–Trinajstić information content (AvgIpc) is 3.02. The number of amides is 1. The van der Waals surface area contributed by atoms with Gasteiger partial charge in [0.2, 0.25) is 10.0 Å². The van der Waals surface area contributed by atoms with E-state index < -0.39 is 22.0 Å². The minimum atomic E-state index is -3.70. The monoisotopic (exact) mass is 443 g/mol. The highest BCUT2D eigenvalue weighted by atomic mass is 32.2. The summed E-state index contributed by atoms with van der Waals surface area (Å²) in [6.07, 6.45) is 7.31. The Balaban J connectivity index is 1.73. The Morgan fingerprint density at radius 2 is 1.55 bits per heavy atom. The van der Waals surface area contributed by atoms with Gasteiger partial charge in [0, 0.05) is 5.71 Å². The largest absolute Gasteiger partial charge is 0.457 e. The molecule has 7 nitrogen and oxygen atoms in total. The molecule has 8 heteroatoms. The van der Waals surface area contributed by atoms with Gasteiger partial charge in [0.05, 0.1) is 11.9 Å². The van der Waals surface area contributed by atoms with Gasteiger partial charge in [0.15, 0.2) is 0 Å². The molecule has 0 heterocycles. The summed E-state index contributed by atoms with van der Waals surface area (Å²) in [4.78, 5) is 12.7. The Morgan fingerprint density at radius 1 is 0.968 bits per heavy atom. The van der Waals surface area contributed by atoms with Gasteiger partial charge in [-0.3, -0.25) is 9.10 Å². The van der Waals surface area contributed by atoms with Gasteiger partial charge in [0.1, 0.15) is 17.5 Å². The number of benzene rings is 2. The van der Waals surface area contributed by atoms with Crippen molar-refractivity contribution in [3.05, 3.63) is 54.6 Å². The normalized spacial score (nSPS) is 15.5. The van der Waals surface area contributed by atoms with E-state index in [0.717, 1.165) is 42.0 Å². The van der Waals surface area contributed by atoms with Crippen molar-refractivity contribution in [2.24, 2.45) is 5.10 Å². The lowest BCUT2D eigenvalue weighted by atomic mass is 10.2. The molecule has 0 radical (unpaired) electrons. The van der Waals surface area contributed by atoms with Crippen LogP contribution in [-0.2, 0) is 14.8 Å². The number of para-hydroxylation sites is 1. The number of hydrazone groups is 1. The van der Waals surface area contributed by atoms with Crippen LogP contribution in [0, 0.1) is 0 Å². The Hall–Kier alpha value is -2.87. The number of sulfonamides is 1. The van der Waals surface area contributed by atoms with Gasteiger partial charge in [-0.25, -0.2) is 13.8 Å². The number of anilines is 1. The van der Waals surface area contributed by atoms with E-state index in [1.165, 1.54) is 12.8 Å². The number of ether oxygens (including phenoxy) is 1. The summed E-state index contributed by atoms with van der Waals surface area (Å²) < 4.78 is 31.8. The van der Waals surface area contributed by atoms with E-state index in [0.29, 0.717) is 17.2 Å². The van der Waals surface area contributed by atoms with Gasteiger partial charge in [-0.1, -0.05) is 31.0 Å². The molecule has 31 heavy (non-hydrogen) atoms. The fourth-order valence-corrected chi connectivity index (χ4v) is 4.75. The second kappa shape index (κ2) is 10.4. The summed E-state index contributed by atoms with van der Waals surface area (Å²) >= 11 is 0. The van der Waals surface area contributed by atoms with Crippen LogP contribution >= 0.6 is 0 Å². The molecule has 1 aliphatic rings. The zero-order chi connectivity index (χ0) is 22.3. The Morgan fingerprint density at radius 3 is 2.13 bits per heavy atom. The number of hydrogen-bond acceptors (Lipinski definition) is 5. The van der Waals surface area contributed by atoms with E-state index in [9.17, 15) is 13.2 Å². The summed E-state index contributed by atoms with van der Waals surface area (Å²) in [5.41, 5.74) is 3.91. The molecule has 1 aliphatic carbocycles. The van der Waals surface area contributed by atoms with Gasteiger partial charge >= 0.3 is 0 Å². The van der Waals surface area contributed by atoms with Crippen molar-refractivity contribution in [1.82, 2.24) is 5.43 Å². The number of rotatable bonds is 7. The highest BCUT2D eigenvalue weighted by molar-refractivity contribution is 7.92. The molecule has 0 aliphatic heterocycles. The summed E-state index contributed by atoms with van der Waals surface area (Å²) in [5.74, 6) is 0.785. The van der Waals surface area contributed by atoms with Crippen molar-refractivity contribution in [2.75, 3.05) is 10.6 Å². The minimum absolute atomic E-state index is 0.382. The first-order valence-corrected chi connectivity index (χ1v) is 12.4. The maximum Gasteiger partial charge on any atom is 0.263 e. The lowest BCUT2D eigenvalue weighted by Gasteiger charge is -2.27. The Labute approximate surface area is 184 Å². The van der Waals surface area contributed by atoms with Crippen molar-refractivity contribution in [3.63, 3.8) is 0 Å². The number of nitrogens with zero attached hydrogens (tertiary/aromatic N) is 2. The molecule has 2 aromatic rings. The van der Waals surface area contributed by atoms with E-state index in [1.54, 1.807) is 31.2 Å². The molecule has 1 saturated carbocycles. The molecule has 166 valence electrons. The Bertz CT molecular complexity index is 995. The van der Waals surface area contributed by atoms with E-state index in [4.69, 9.17) is 4.74 Å². The van der Waals surface area contributed by atoms with Crippen molar-refractivity contribution in [1.29, 1.82) is 0 Å². The van der Waals surface area contributed by atoms with E-state index >= 15 is 0 Å². The highest BCUT2D eigenvalue weighted by Crippen LogP contribution is 2.27. The SMILES string of the molecule is C[C@@H](C(=O)NN=C1CCCCCC1)N(c1ccc(Oc2ccccc2)cc1)S(C)(=O)=O. The summed E-state index contributed by atoms with van der Waals surface area (Å²) in [6, 6.07) is 15.0. The number of hydrogen-bond donors (Lipinski definition) is 1. The van der Waals surface area contributed by atoms with Crippen LogP contribution in [0.15, 0.2) is 59.7 Å². The average molecular weight is 444 g/mol. The number of carbonyl (C=O) groups is 1. The highest BCUT2D eigenvalue weighted by Gasteiger charge is 2.29. The predicted octanol–water partition coefficient (Wildman–Crippen LogP) is 4.46. The minimum Gasteiger partial charge on any atom is -0.457 e. The zero-order valence-electron chi connectivity index (χ0n) is 18.0. The third kappa shape index (κ3) is 6.55. The van der Waals surface area contributed by atoms with Crippen LogP contribution < -0.4 is 14.5 Å². The second-order valence-electron chi connectivity index (χ2n) is 7.71. The lowest BCUT2D eigenvalue weighted by Crippen LogP contribution is -2.46. The number of nitrogens with one attached hydrogen (secondary N) is 1. The first kappa shape index (κ1) is 22.8. The molecule has 0 spiro atoms. The molecular weight excluding hydrogens is 414 g/mol. The van der Waals surface area contributed by atoms with Gasteiger partial charge in [0.25, 0.3) is 5.91 Å². The van der Waals surface area contributed by atoms with Gasteiger partial charge in [-0.15, -0.1) is 0 Å². The third-order valence-corrected chi connectivity index (χ3v) is 6.41. The van der Waals surface area contributed by atoms with Crippen LogP contribution in [0.4, 0.5) is 5.69 Å². The molecular formula is C23H29N3O4S. The number of carbonyl (C=O) groups excluding carboxylic acids is 1. The standard InChI is InChI=1S/C23H29N3O4S/c1-18(23(27)25-24-19-10-6-3-4-7-11-19)26(31(2,28)29)20-14-16-22(17-15-20)30-21-12-8-5-9-13-21/h5,8-9,12-18H,3-4,6-7,10-11H2,1-2H3,(H,25,27)/t18-/m0/s1. The second-order valence-corrected chi connectivity index (χ2v) is 9.57. The topological polar surface area (TPSA) is 88.1 Å². The molecule has 0 unspecified atom stereocenters. The van der Waals surface area contributed by atoms with Gasteiger partial charge in [-0.05, 0) is 69.0 Å². The molecule has 1 N–H and O–H groups in total. The fourth-order valence-electron chi connectivity index (χ4n) is 3.57. The molecule has 0 aromatic heterocycles. The first-order chi connectivity index (χ1) is 14.8. The van der Waals surface area contributed by atoms with Crippen molar-refractivity contribution in [2.45, 2.75) is 51.5 Å². The maximum atomic E-state index is 12.7. The van der Waals surface area contributed by atoms with Crippen molar-refractivity contribution < 1.29 is 17.9 Å². The van der Waals surface area contributed by atoms with E-state index in [1.807, 2.05) is 30.3 Å². The lowest BCUT2D eigenvalue weighted by molar-refractivity contribution is -0.121. The first-order valence-electron chi connectivity index (χ1n) is 10.5. The van der Waals surface area contributed by atoms with Crippen molar-refractivity contribution in [3.8, 4) is 11.5 Å². The molecule has 1 atom stereocenters. The van der Waals surface area contributed by atoms with E-state index in [-0.39, 0.29) is 0 Å². The summed E-state index contributed by atoms with van der Waals surface area (Å²) in [6.45, 7) is 1.55. The van der Waals surface area contributed by atoms with Crippen LogP contribution in [0.2, 0.25) is 0 Å². The zero-order valence-corrected chi connectivity index (χ0v) is 18.8. The summed E-state index contributed by atoms with van der Waals surface area (Å²) in [7, 11) is -3.70. The van der Waals surface area contributed by atoms with E-state index in [2.05, 4.69) is 10.5 Å². The Kier molecular flexibility index (Phi) is 7.68. The van der Waals surface area contributed by atoms with Crippen LogP contribution in [-0.4, -0.2) is 32.3 Å². The maximum absolute atomic E-state index is 12.7. The van der Waals surface area contributed by atoms with Gasteiger partial charge < -0.3 is 4.74 Å². The molecule has 0 bridgehead atoms. The third-order valence-electron chi connectivity index (χ3n) is 5.16. The van der Waals surface area contributed by atoms with Crippen LogP contribution in [0.1, 0.15) is 45.4 Å². The smallest absolute Gasteiger partial charge is 0.263 e. The van der Waals surface area contributed by atoms with Gasteiger partial charge in [-0.2, -0.15) is 5.10 Å². The quantitative estimate of drug-likeness (QED) is 0.505. The molecule has 1 amide bonds. The van der Waals surface area contributed by atoms with Crippen LogP contribution in [0.5, 0.6) is 11.5 Å². The fraction of sp³-hybridized carbons (Fsp3) is 0.391. The molecule has 2 aromatic carbocycles. The van der Waals surface area contributed by atoms with Crippen molar-refractivity contribution >= 4 is 27.3 Å². The molecule has 0 saturated heterocycles. The van der Waals surface area contributed by atoms with Crippen LogP contribution in [0.3, 0.4) is 0 Å². The van der Waals surface area contributed by atoms with Crippen LogP contribution in [0.25, 0.3) is 0 Å². The molecule has 3 rings (SSSR count). The molecule has 1 fully saturated rings. The summed E-state index contributed by atoms with van der Waals surface area (Å²) in [5, 5.41) is 4.26. The predicted molar refractivity (Wildman–Crippen MR) is 123 cm³/mol.